The second kappa shape index (κ2) is 7.20. The highest BCUT2D eigenvalue weighted by Crippen LogP contribution is 2.22. The highest BCUT2D eigenvalue weighted by molar-refractivity contribution is 4.84. The van der Waals surface area contributed by atoms with E-state index in [1.165, 1.54) is 25.8 Å². The molecule has 0 spiro atoms. The maximum atomic E-state index is 5.78. The SMILES string of the molecule is CCCCOCCN1CCC(C)C1CN. The molecule has 0 aromatic carbocycles. The molecule has 1 rings (SSSR count). The van der Waals surface area contributed by atoms with Gasteiger partial charge in [-0.15, -0.1) is 0 Å². The van der Waals surface area contributed by atoms with Crippen LogP contribution in [0.5, 0.6) is 0 Å². The molecule has 0 aromatic heterocycles. The van der Waals surface area contributed by atoms with Crippen LogP contribution in [0.25, 0.3) is 0 Å². The summed E-state index contributed by atoms with van der Waals surface area (Å²) in [5.41, 5.74) is 5.78. The van der Waals surface area contributed by atoms with E-state index < -0.39 is 0 Å². The van der Waals surface area contributed by atoms with Crippen LogP contribution < -0.4 is 5.73 Å². The Morgan fingerprint density at radius 3 is 2.87 bits per heavy atom. The second-order valence-electron chi connectivity index (χ2n) is 4.57. The van der Waals surface area contributed by atoms with E-state index >= 15 is 0 Å². The molecule has 2 atom stereocenters. The zero-order valence-corrected chi connectivity index (χ0v) is 10.2. The van der Waals surface area contributed by atoms with Crippen LogP contribution in [0.15, 0.2) is 0 Å². The molecule has 1 fully saturated rings. The number of hydrogen-bond donors (Lipinski definition) is 1. The highest BCUT2D eigenvalue weighted by Gasteiger charge is 2.29. The van der Waals surface area contributed by atoms with Crippen LogP contribution >= 0.6 is 0 Å². The van der Waals surface area contributed by atoms with Crippen LogP contribution in [0.1, 0.15) is 33.1 Å². The first kappa shape index (κ1) is 12.9. The van der Waals surface area contributed by atoms with Gasteiger partial charge in [-0.05, 0) is 25.3 Å². The van der Waals surface area contributed by atoms with Crippen molar-refractivity contribution >= 4 is 0 Å². The lowest BCUT2D eigenvalue weighted by atomic mass is 10.0. The molecule has 1 saturated heterocycles. The smallest absolute Gasteiger partial charge is 0.0593 e. The zero-order valence-electron chi connectivity index (χ0n) is 10.2. The van der Waals surface area contributed by atoms with Crippen LogP contribution in [0.2, 0.25) is 0 Å². The predicted octanol–water partition coefficient (Wildman–Crippen LogP) is 1.47. The third-order valence-corrected chi connectivity index (χ3v) is 3.40. The second-order valence-corrected chi connectivity index (χ2v) is 4.57. The largest absolute Gasteiger partial charge is 0.380 e. The quantitative estimate of drug-likeness (QED) is 0.652. The molecular weight excluding hydrogens is 188 g/mol. The standard InChI is InChI=1S/C12H26N2O/c1-3-4-8-15-9-7-14-6-5-11(2)12(14)10-13/h11-12H,3-10,13H2,1-2H3. The van der Waals surface area contributed by atoms with E-state index in [0.717, 1.165) is 32.2 Å². The van der Waals surface area contributed by atoms with E-state index in [1.807, 2.05) is 0 Å². The van der Waals surface area contributed by atoms with Crippen molar-refractivity contribution in [3.05, 3.63) is 0 Å². The summed E-state index contributed by atoms with van der Waals surface area (Å²) >= 11 is 0. The summed E-state index contributed by atoms with van der Waals surface area (Å²) in [6.07, 6.45) is 3.68. The van der Waals surface area contributed by atoms with Crippen molar-refractivity contribution in [2.24, 2.45) is 11.7 Å². The molecule has 1 heterocycles. The van der Waals surface area contributed by atoms with E-state index in [0.29, 0.717) is 6.04 Å². The summed E-state index contributed by atoms with van der Waals surface area (Å²) in [4.78, 5) is 2.48. The molecule has 15 heavy (non-hydrogen) atoms. The Morgan fingerprint density at radius 1 is 1.40 bits per heavy atom. The van der Waals surface area contributed by atoms with E-state index in [9.17, 15) is 0 Å². The minimum Gasteiger partial charge on any atom is -0.380 e. The Morgan fingerprint density at radius 2 is 2.20 bits per heavy atom. The minimum atomic E-state index is 0.583. The lowest BCUT2D eigenvalue weighted by molar-refractivity contribution is 0.0955. The molecule has 3 heteroatoms. The van der Waals surface area contributed by atoms with Crippen molar-refractivity contribution in [3.8, 4) is 0 Å². The van der Waals surface area contributed by atoms with Crippen molar-refractivity contribution in [1.29, 1.82) is 0 Å². The van der Waals surface area contributed by atoms with Crippen LogP contribution in [-0.4, -0.2) is 43.8 Å². The van der Waals surface area contributed by atoms with Gasteiger partial charge in [-0.1, -0.05) is 20.3 Å². The fourth-order valence-corrected chi connectivity index (χ4v) is 2.28. The summed E-state index contributed by atoms with van der Waals surface area (Å²) in [5.74, 6) is 0.755. The average molecular weight is 214 g/mol. The maximum Gasteiger partial charge on any atom is 0.0593 e. The van der Waals surface area contributed by atoms with Crippen molar-refractivity contribution in [2.75, 3.05) is 32.8 Å². The average Bonchev–Trinajstić information content (AvgIpc) is 2.59. The van der Waals surface area contributed by atoms with Crippen molar-refractivity contribution < 1.29 is 4.74 Å². The molecule has 1 aliphatic rings. The summed E-state index contributed by atoms with van der Waals surface area (Å²) < 4.78 is 5.58. The Kier molecular flexibility index (Phi) is 6.22. The Hall–Kier alpha value is -0.120. The van der Waals surface area contributed by atoms with Crippen LogP contribution in [0.4, 0.5) is 0 Å². The monoisotopic (exact) mass is 214 g/mol. The molecule has 0 amide bonds. The van der Waals surface area contributed by atoms with E-state index in [-0.39, 0.29) is 0 Å². The third kappa shape index (κ3) is 4.09. The number of likely N-dealkylation sites (tertiary alicyclic amines) is 1. The highest BCUT2D eigenvalue weighted by atomic mass is 16.5. The Balaban J connectivity index is 2.10. The van der Waals surface area contributed by atoms with Crippen molar-refractivity contribution in [2.45, 2.75) is 39.2 Å². The molecule has 0 radical (unpaired) electrons. The molecule has 0 saturated carbocycles. The number of ether oxygens (including phenoxy) is 1. The van der Waals surface area contributed by atoms with Gasteiger partial charge in [-0.2, -0.15) is 0 Å². The van der Waals surface area contributed by atoms with Crippen LogP contribution in [0.3, 0.4) is 0 Å². The molecule has 2 unspecified atom stereocenters. The Labute approximate surface area is 94.0 Å². The molecule has 3 nitrogen and oxygen atoms in total. The molecule has 0 aromatic rings. The number of rotatable bonds is 7. The first-order valence-electron chi connectivity index (χ1n) is 6.31. The fraction of sp³-hybridized carbons (Fsp3) is 1.00. The summed E-state index contributed by atoms with van der Waals surface area (Å²) in [5, 5.41) is 0. The first-order valence-corrected chi connectivity index (χ1v) is 6.31. The van der Waals surface area contributed by atoms with Gasteiger partial charge in [0.1, 0.15) is 0 Å². The van der Waals surface area contributed by atoms with Gasteiger partial charge in [-0.25, -0.2) is 0 Å². The Bertz CT molecular complexity index is 164. The topological polar surface area (TPSA) is 38.5 Å². The predicted molar refractivity (Wildman–Crippen MR) is 63.9 cm³/mol. The van der Waals surface area contributed by atoms with Gasteiger partial charge >= 0.3 is 0 Å². The number of hydrogen-bond acceptors (Lipinski definition) is 3. The van der Waals surface area contributed by atoms with Gasteiger partial charge in [0.25, 0.3) is 0 Å². The van der Waals surface area contributed by atoms with Gasteiger partial charge in [0.2, 0.25) is 0 Å². The van der Waals surface area contributed by atoms with Gasteiger partial charge in [0.05, 0.1) is 6.61 Å². The lowest BCUT2D eigenvalue weighted by Crippen LogP contribution is -2.40. The first-order chi connectivity index (χ1) is 7.29. The molecular formula is C12H26N2O. The molecule has 0 bridgehead atoms. The minimum absolute atomic E-state index is 0.583. The third-order valence-electron chi connectivity index (χ3n) is 3.40. The fourth-order valence-electron chi connectivity index (χ4n) is 2.28. The maximum absolute atomic E-state index is 5.78. The van der Waals surface area contributed by atoms with Gasteiger partial charge in [0, 0.05) is 25.7 Å². The van der Waals surface area contributed by atoms with Crippen LogP contribution in [-0.2, 0) is 4.74 Å². The van der Waals surface area contributed by atoms with E-state index in [1.54, 1.807) is 0 Å². The number of unbranched alkanes of at least 4 members (excludes halogenated alkanes) is 1. The van der Waals surface area contributed by atoms with E-state index in [2.05, 4.69) is 18.7 Å². The zero-order chi connectivity index (χ0) is 11.1. The van der Waals surface area contributed by atoms with Gasteiger partial charge < -0.3 is 10.5 Å². The van der Waals surface area contributed by atoms with Gasteiger partial charge in [0.15, 0.2) is 0 Å². The van der Waals surface area contributed by atoms with Crippen molar-refractivity contribution in [1.82, 2.24) is 4.90 Å². The van der Waals surface area contributed by atoms with Crippen LogP contribution in [0, 0.1) is 5.92 Å². The number of nitrogens with zero attached hydrogens (tertiary/aromatic N) is 1. The summed E-state index contributed by atoms with van der Waals surface area (Å²) in [7, 11) is 0. The van der Waals surface area contributed by atoms with Gasteiger partial charge in [-0.3, -0.25) is 4.90 Å². The van der Waals surface area contributed by atoms with Crippen molar-refractivity contribution in [3.63, 3.8) is 0 Å². The molecule has 1 aliphatic heterocycles. The summed E-state index contributed by atoms with van der Waals surface area (Å²) in [6.45, 7) is 9.30. The lowest BCUT2D eigenvalue weighted by Gasteiger charge is -2.25. The summed E-state index contributed by atoms with van der Waals surface area (Å²) in [6, 6.07) is 0.583. The molecule has 0 aliphatic carbocycles. The van der Waals surface area contributed by atoms with E-state index in [4.69, 9.17) is 10.5 Å². The normalized spacial score (nSPS) is 27.4. The number of nitrogens with two attached hydrogens (primary N) is 1. The molecule has 2 N–H and O–H groups in total. The molecule has 90 valence electrons.